The molecule has 13 heteroatoms. The summed E-state index contributed by atoms with van der Waals surface area (Å²) >= 11 is 1.52. The molecule has 0 aliphatic carbocycles. The average Bonchev–Trinajstić information content (AvgIpc) is 3.68. The minimum atomic E-state index is -0.268. The van der Waals surface area contributed by atoms with Crippen molar-refractivity contribution in [3.8, 4) is 11.5 Å². The van der Waals surface area contributed by atoms with E-state index in [2.05, 4.69) is 53.3 Å². The molecule has 3 aliphatic heterocycles. The van der Waals surface area contributed by atoms with Gasteiger partial charge in [0.1, 0.15) is 17.1 Å². The summed E-state index contributed by atoms with van der Waals surface area (Å²) in [7, 11) is 0. The number of piperidine rings is 1. The van der Waals surface area contributed by atoms with E-state index in [-0.39, 0.29) is 41.7 Å². The van der Waals surface area contributed by atoms with Gasteiger partial charge < -0.3 is 39.3 Å². The number of aromatic nitrogens is 1. The minimum absolute atomic E-state index is 0.0117. The normalized spacial score (nSPS) is 17.1. The lowest BCUT2D eigenvalue weighted by atomic mass is 9.89. The number of benzene rings is 2. The number of thiazole rings is 1. The highest BCUT2D eigenvalue weighted by Gasteiger charge is 2.41. The van der Waals surface area contributed by atoms with E-state index in [1.165, 1.54) is 22.5 Å². The molecule has 3 amide bonds. The molecule has 0 unspecified atom stereocenters. The van der Waals surface area contributed by atoms with Crippen molar-refractivity contribution in [3.05, 3.63) is 69.2 Å². The Morgan fingerprint density at radius 3 is 2.53 bits per heavy atom. The summed E-state index contributed by atoms with van der Waals surface area (Å²) in [5, 5.41) is 15.6. The van der Waals surface area contributed by atoms with E-state index in [1.54, 1.807) is 6.07 Å². The van der Waals surface area contributed by atoms with Crippen LogP contribution in [0.5, 0.6) is 11.5 Å². The van der Waals surface area contributed by atoms with Crippen LogP contribution in [0.1, 0.15) is 104 Å². The van der Waals surface area contributed by atoms with Crippen molar-refractivity contribution in [2.45, 2.75) is 109 Å². The van der Waals surface area contributed by atoms with Gasteiger partial charge in [-0.05, 0) is 88.0 Å². The third kappa shape index (κ3) is 12.0. The van der Waals surface area contributed by atoms with E-state index in [0.717, 1.165) is 107 Å². The van der Waals surface area contributed by atoms with Gasteiger partial charge in [-0.1, -0.05) is 56.5 Å². The number of hydrogen-bond acceptors (Lipinski definition) is 10. The quantitative estimate of drug-likeness (QED) is 0.0933. The van der Waals surface area contributed by atoms with Gasteiger partial charge in [-0.15, -0.1) is 11.3 Å². The number of anilines is 1. The van der Waals surface area contributed by atoms with Crippen LogP contribution in [0.4, 0.5) is 5.69 Å². The monoisotopic (exact) mass is 817 g/mol. The molecule has 12 nitrogen and oxygen atoms in total. The average molecular weight is 818 g/mol. The number of ether oxygens (including phenoxy) is 3. The number of likely N-dealkylation sites (tertiary alicyclic amines) is 1. The van der Waals surface area contributed by atoms with Crippen LogP contribution in [-0.2, 0) is 38.3 Å². The second-order valence-corrected chi connectivity index (χ2v) is 17.3. The van der Waals surface area contributed by atoms with Crippen LogP contribution in [-0.4, -0.2) is 120 Å². The fraction of sp³-hybridized carbons (Fsp3) is 0.600. The third-order valence-corrected chi connectivity index (χ3v) is 12.7. The molecule has 6 rings (SSSR count). The first kappa shape index (κ1) is 43.5. The first-order chi connectivity index (χ1) is 28.1. The molecule has 4 heterocycles. The Bertz CT molecular complexity index is 1810. The fourth-order valence-electron chi connectivity index (χ4n) is 8.32. The zero-order valence-corrected chi connectivity index (χ0v) is 35.6. The Labute approximate surface area is 348 Å². The van der Waals surface area contributed by atoms with Crippen molar-refractivity contribution in [2.24, 2.45) is 0 Å². The minimum Gasteiger partial charge on any atom is -0.506 e. The number of carbonyl (C=O) groups is 3. The molecule has 0 radical (unpaired) electrons. The maximum Gasteiger partial charge on any atom is 0.273 e. The number of aromatic hydroxyl groups is 1. The van der Waals surface area contributed by atoms with Crippen molar-refractivity contribution in [3.63, 3.8) is 0 Å². The SMILES string of the molecule is CCCC[C@@H](C)N(CCCCCc1ccc(O)c2c1OCC(=O)N2)C(=O)CCOCCc1ccc(CCN2CCC3(CC2)CN(C(=O)c2csc(C)n2)CCO3)cc1. The molecular formula is C45H63N5O7S. The lowest BCUT2D eigenvalue weighted by molar-refractivity contribution is -0.134. The van der Waals surface area contributed by atoms with Gasteiger partial charge >= 0.3 is 0 Å². The smallest absolute Gasteiger partial charge is 0.273 e. The summed E-state index contributed by atoms with van der Waals surface area (Å²) in [6.07, 6.45) is 10.8. The largest absolute Gasteiger partial charge is 0.506 e. The zero-order valence-electron chi connectivity index (χ0n) is 34.8. The molecule has 1 spiro atoms. The van der Waals surface area contributed by atoms with Gasteiger partial charge in [0.15, 0.2) is 12.4 Å². The van der Waals surface area contributed by atoms with E-state index in [0.29, 0.717) is 56.5 Å². The number of phenolic OH excluding ortho intramolecular Hbond substituents is 1. The summed E-state index contributed by atoms with van der Waals surface area (Å²) in [4.78, 5) is 49.1. The summed E-state index contributed by atoms with van der Waals surface area (Å²) in [6.45, 7) is 12.7. The zero-order chi connectivity index (χ0) is 40.9. The van der Waals surface area contributed by atoms with E-state index in [4.69, 9.17) is 14.2 Å². The standard InChI is InChI=1S/C45H63N5O7S/c1-4-5-9-33(2)50(22-8-6-7-10-37-15-16-39(51)42-43(37)56-30-40(52)47-42)41(53)19-28-55-27-18-36-13-11-35(12-14-36)17-23-48-24-20-45(21-25-48)32-49(26-29-57-45)44(54)38-31-58-34(3)46-38/h11-16,31,33,51H,4-10,17-30,32H2,1-3H3,(H,47,52)/t33-/m1/s1. The van der Waals surface area contributed by atoms with Gasteiger partial charge in [-0.3, -0.25) is 14.4 Å². The number of carbonyl (C=O) groups excluding carboxylic acids is 3. The number of morpholine rings is 1. The van der Waals surface area contributed by atoms with Crippen LogP contribution < -0.4 is 10.1 Å². The summed E-state index contributed by atoms with van der Waals surface area (Å²) in [5.41, 5.74) is 4.17. The van der Waals surface area contributed by atoms with Crippen LogP contribution in [0, 0.1) is 6.92 Å². The van der Waals surface area contributed by atoms with Gasteiger partial charge in [0, 0.05) is 44.1 Å². The van der Waals surface area contributed by atoms with Crippen LogP contribution in [0.15, 0.2) is 41.8 Å². The van der Waals surface area contributed by atoms with Crippen LogP contribution >= 0.6 is 11.3 Å². The molecule has 1 aromatic heterocycles. The van der Waals surface area contributed by atoms with E-state index in [1.807, 2.05) is 28.2 Å². The van der Waals surface area contributed by atoms with Gasteiger partial charge in [0.05, 0.1) is 43.4 Å². The number of aryl methyl sites for hydroxylation is 2. The second kappa shape index (κ2) is 21.3. The lowest BCUT2D eigenvalue weighted by Gasteiger charge is -2.47. The van der Waals surface area contributed by atoms with Crippen LogP contribution in [0.25, 0.3) is 0 Å². The predicted octanol–water partition coefficient (Wildman–Crippen LogP) is 6.81. The molecule has 2 saturated heterocycles. The number of nitrogens with zero attached hydrogens (tertiary/aromatic N) is 4. The Hall–Kier alpha value is -4.04. The van der Waals surface area contributed by atoms with Gasteiger partial charge in [0.2, 0.25) is 5.91 Å². The van der Waals surface area contributed by atoms with E-state index in [9.17, 15) is 19.5 Å². The van der Waals surface area contributed by atoms with Crippen molar-refractivity contribution in [1.82, 2.24) is 19.7 Å². The maximum atomic E-state index is 13.4. The molecule has 0 saturated carbocycles. The first-order valence-electron chi connectivity index (χ1n) is 21.4. The first-order valence-corrected chi connectivity index (χ1v) is 22.3. The number of amides is 3. The van der Waals surface area contributed by atoms with Crippen LogP contribution in [0.3, 0.4) is 0 Å². The molecule has 3 aliphatic rings. The lowest BCUT2D eigenvalue weighted by Crippen LogP contribution is -2.58. The fourth-order valence-corrected chi connectivity index (χ4v) is 8.90. The third-order valence-electron chi connectivity index (χ3n) is 11.9. The Balaban J connectivity index is 0.857. The molecule has 316 valence electrons. The number of phenols is 1. The molecule has 2 aromatic carbocycles. The Morgan fingerprint density at radius 1 is 1.02 bits per heavy atom. The molecule has 1 atom stereocenters. The number of hydrogen-bond donors (Lipinski definition) is 2. The van der Waals surface area contributed by atoms with Gasteiger partial charge in [0.25, 0.3) is 11.8 Å². The Kier molecular flexibility index (Phi) is 16.0. The van der Waals surface area contributed by atoms with E-state index < -0.39 is 0 Å². The highest BCUT2D eigenvalue weighted by atomic mass is 32.1. The summed E-state index contributed by atoms with van der Waals surface area (Å²) in [6, 6.07) is 12.5. The highest BCUT2D eigenvalue weighted by Crippen LogP contribution is 2.39. The number of unbranched alkanes of at least 4 members (excludes halogenated alkanes) is 3. The Morgan fingerprint density at radius 2 is 1.79 bits per heavy atom. The maximum absolute atomic E-state index is 13.4. The molecule has 58 heavy (non-hydrogen) atoms. The molecule has 3 aromatic rings. The summed E-state index contributed by atoms with van der Waals surface area (Å²) < 4.78 is 17.9. The summed E-state index contributed by atoms with van der Waals surface area (Å²) in [5.74, 6) is 0.474. The molecule has 2 fully saturated rings. The number of fused-ring (bicyclic) bond motifs is 1. The highest BCUT2D eigenvalue weighted by molar-refractivity contribution is 7.09. The topological polar surface area (TPSA) is 134 Å². The van der Waals surface area contributed by atoms with Gasteiger partial charge in [-0.2, -0.15) is 0 Å². The second-order valence-electron chi connectivity index (χ2n) is 16.2. The van der Waals surface area contributed by atoms with Crippen molar-refractivity contribution in [2.75, 3.05) is 71.0 Å². The van der Waals surface area contributed by atoms with Crippen LogP contribution in [0.2, 0.25) is 0 Å². The molecular weight excluding hydrogens is 755 g/mol. The number of nitrogens with one attached hydrogen (secondary N) is 1. The number of rotatable bonds is 20. The molecule has 2 N–H and O–H groups in total. The van der Waals surface area contributed by atoms with Crippen molar-refractivity contribution >= 4 is 34.7 Å². The van der Waals surface area contributed by atoms with Crippen molar-refractivity contribution in [1.29, 1.82) is 0 Å². The van der Waals surface area contributed by atoms with Gasteiger partial charge in [-0.25, -0.2) is 4.98 Å². The molecule has 0 bridgehead atoms. The van der Waals surface area contributed by atoms with E-state index >= 15 is 0 Å². The predicted molar refractivity (Wildman–Crippen MR) is 227 cm³/mol. The van der Waals surface area contributed by atoms with Crippen molar-refractivity contribution < 1.29 is 33.7 Å².